The molecule has 0 fully saturated rings. The summed E-state index contributed by atoms with van der Waals surface area (Å²) in [5, 5.41) is 11.2. The number of nitro groups is 1. The Morgan fingerprint density at radius 2 is 1.28 bits per heavy atom. The molecule has 3 heteroatoms. The fourth-order valence-corrected chi connectivity index (χ4v) is 2.38. The number of allylic oxidation sites excluding steroid dienone is 2. The zero-order valence-electron chi connectivity index (χ0n) is 12.3. The number of hydrogen-bond donors (Lipinski definition) is 0. The molecule has 0 radical (unpaired) electrons. The summed E-state index contributed by atoms with van der Waals surface area (Å²) in [6.07, 6.45) is 0. The highest BCUT2D eigenvalue weighted by Gasteiger charge is 2.22. The molecule has 0 N–H and O–H groups in total. The normalized spacial score (nSPS) is 10.4. The Kier molecular flexibility index (Phi) is 3.95. The topological polar surface area (TPSA) is 43.1 Å². The summed E-state index contributed by atoms with van der Waals surface area (Å²) in [5.74, 6) is 0. The van der Waals surface area contributed by atoms with Crippen LogP contribution in [0, 0.1) is 37.8 Å². The highest BCUT2D eigenvalue weighted by Crippen LogP contribution is 2.36. The fourth-order valence-electron chi connectivity index (χ4n) is 2.38. The van der Waals surface area contributed by atoms with Gasteiger partial charge in [-0.15, -0.1) is 0 Å². The van der Waals surface area contributed by atoms with Crippen molar-refractivity contribution in [2.45, 2.75) is 48.5 Å². The lowest BCUT2D eigenvalue weighted by molar-refractivity contribution is -0.386. The average molecular weight is 247 g/mol. The molecule has 1 rings (SSSR count). The van der Waals surface area contributed by atoms with Crippen molar-refractivity contribution in [3.8, 4) is 0 Å². The molecule has 18 heavy (non-hydrogen) atoms. The third-order valence-electron chi connectivity index (χ3n) is 3.89. The highest BCUT2D eigenvalue weighted by atomic mass is 16.6. The Morgan fingerprint density at radius 3 is 1.56 bits per heavy atom. The van der Waals surface area contributed by atoms with E-state index in [1.165, 1.54) is 11.1 Å². The summed E-state index contributed by atoms with van der Waals surface area (Å²) in [6, 6.07) is 0. The van der Waals surface area contributed by atoms with Crippen molar-refractivity contribution in [3.05, 3.63) is 43.5 Å². The maximum Gasteiger partial charge on any atom is 0.275 e. The molecule has 0 aliphatic heterocycles. The monoisotopic (exact) mass is 247 g/mol. The lowest BCUT2D eigenvalue weighted by Crippen LogP contribution is -2.04. The molecule has 0 saturated heterocycles. The molecule has 1 aromatic carbocycles. The minimum atomic E-state index is -0.272. The van der Waals surface area contributed by atoms with Gasteiger partial charge >= 0.3 is 0 Å². The van der Waals surface area contributed by atoms with E-state index in [0.717, 1.165) is 27.8 Å². The number of benzene rings is 1. The third kappa shape index (κ3) is 2.17. The van der Waals surface area contributed by atoms with Crippen molar-refractivity contribution in [2.75, 3.05) is 0 Å². The van der Waals surface area contributed by atoms with Gasteiger partial charge in [-0.05, 0) is 70.7 Å². The van der Waals surface area contributed by atoms with Gasteiger partial charge in [0.25, 0.3) is 5.69 Å². The van der Waals surface area contributed by atoms with E-state index in [0.29, 0.717) is 0 Å². The van der Waals surface area contributed by atoms with Crippen LogP contribution < -0.4 is 0 Å². The minimum absolute atomic E-state index is 0.260. The van der Waals surface area contributed by atoms with Crippen LogP contribution in [0.25, 0.3) is 5.57 Å². The molecule has 0 saturated carbocycles. The SMILES string of the molecule is CC(C)=C(C)c1c(C)c(C)c([N+](=O)[O-])c(C)c1C. The lowest BCUT2D eigenvalue weighted by Gasteiger charge is -2.17. The van der Waals surface area contributed by atoms with Gasteiger partial charge in [0.15, 0.2) is 0 Å². The van der Waals surface area contributed by atoms with Gasteiger partial charge in [-0.2, -0.15) is 0 Å². The Labute approximate surface area is 109 Å². The summed E-state index contributed by atoms with van der Waals surface area (Å²) in [5.41, 5.74) is 7.47. The van der Waals surface area contributed by atoms with Crippen molar-refractivity contribution < 1.29 is 4.92 Å². The first-order valence-electron chi connectivity index (χ1n) is 6.09. The maximum absolute atomic E-state index is 11.2. The molecule has 0 bridgehead atoms. The Hall–Kier alpha value is -1.64. The van der Waals surface area contributed by atoms with Crippen LogP contribution in [0.4, 0.5) is 5.69 Å². The van der Waals surface area contributed by atoms with Gasteiger partial charge in [0.1, 0.15) is 0 Å². The molecule has 0 heterocycles. The maximum atomic E-state index is 11.2. The summed E-state index contributed by atoms with van der Waals surface area (Å²) in [4.78, 5) is 10.9. The van der Waals surface area contributed by atoms with Crippen LogP contribution in [0.1, 0.15) is 48.6 Å². The first kappa shape index (κ1) is 14.4. The predicted molar refractivity (Wildman–Crippen MR) is 76.0 cm³/mol. The smallest absolute Gasteiger partial charge is 0.258 e. The molecule has 0 unspecified atom stereocenters. The zero-order chi connectivity index (χ0) is 14.2. The molecule has 0 aliphatic carbocycles. The molecular formula is C15H21NO2. The van der Waals surface area contributed by atoms with Gasteiger partial charge < -0.3 is 0 Å². The predicted octanol–water partition coefficient (Wildman–Crippen LogP) is 4.64. The average Bonchev–Trinajstić information content (AvgIpc) is 2.26. The van der Waals surface area contributed by atoms with Crippen LogP contribution in [-0.2, 0) is 0 Å². The summed E-state index contributed by atoms with van der Waals surface area (Å²) < 4.78 is 0. The minimum Gasteiger partial charge on any atom is -0.258 e. The number of rotatable bonds is 2. The van der Waals surface area contributed by atoms with Crippen molar-refractivity contribution in [1.29, 1.82) is 0 Å². The lowest BCUT2D eigenvalue weighted by atomic mass is 9.87. The number of nitrogens with zero attached hydrogens (tertiary/aromatic N) is 1. The quantitative estimate of drug-likeness (QED) is 0.564. The van der Waals surface area contributed by atoms with Gasteiger partial charge in [-0.3, -0.25) is 10.1 Å². The standard InChI is InChI=1S/C15H21NO2/c1-8(2)9(3)14-10(4)12(6)15(16(17)18)13(7)11(14)5/h1-7H3. The first-order chi connectivity index (χ1) is 8.20. The van der Waals surface area contributed by atoms with Gasteiger partial charge in [-0.25, -0.2) is 0 Å². The Morgan fingerprint density at radius 1 is 0.889 bits per heavy atom. The second-order valence-corrected chi connectivity index (χ2v) is 5.11. The van der Waals surface area contributed by atoms with Crippen molar-refractivity contribution in [2.24, 2.45) is 0 Å². The Balaban J connectivity index is 3.81. The van der Waals surface area contributed by atoms with Crippen molar-refractivity contribution in [3.63, 3.8) is 0 Å². The largest absolute Gasteiger partial charge is 0.275 e. The zero-order valence-corrected chi connectivity index (χ0v) is 12.3. The number of nitro benzene ring substituents is 1. The van der Waals surface area contributed by atoms with Crippen LogP contribution in [0.5, 0.6) is 0 Å². The summed E-state index contributed by atoms with van der Waals surface area (Å²) in [6.45, 7) is 13.8. The van der Waals surface area contributed by atoms with E-state index in [1.807, 2.05) is 27.7 Å². The van der Waals surface area contributed by atoms with Crippen LogP contribution in [0.2, 0.25) is 0 Å². The molecular weight excluding hydrogens is 226 g/mol. The van der Waals surface area contributed by atoms with E-state index >= 15 is 0 Å². The molecule has 1 aromatic rings. The summed E-state index contributed by atoms with van der Waals surface area (Å²) in [7, 11) is 0. The summed E-state index contributed by atoms with van der Waals surface area (Å²) >= 11 is 0. The molecule has 0 amide bonds. The molecule has 0 aromatic heterocycles. The Bertz CT molecular complexity index is 521. The van der Waals surface area contributed by atoms with E-state index in [-0.39, 0.29) is 10.6 Å². The van der Waals surface area contributed by atoms with Gasteiger partial charge in [-0.1, -0.05) is 5.57 Å². The van der Waals surface area contributed by atoms with Crippen LogP contribution in [-0.4, -0.2) is 4.92 Å². The third-order valence-corrected chi connectivity index (χ3v) is 3.89. The fraction of sp³-hybridized carbons (Fsp3) is 0.467. The van der Waals surface area contributed by atoms with E-state index < -0.39 is 0 Å². The van der Waals surface area contributed by atoms with Gasteiger partial charge in [0.2, 0.25) is 0 Å². The molecule has 3 nitrogen and oxygen atoms in total. The van der Waals surface area contributed by atoms with Gasteiger partial charge in [0, 0.05) is 11.1 Å². The van der Waals surface area contributed by atoms with Crippen LogP contribution in [0.15, 0.2) is 5.57 Å². The van der Waals surface area contributed by atoms with E-state index in [9.17, 15) is 10.1 Å². The number of hydrogen-bond acceptors (Lipinski definition) is 2. The van der Waals surface area contributed by atoms with Crippen molar-refractivity contribution >= 4 is 11.3 Å². The van der Waals surface area contributed by atoms with E-state index in [4.69, 9.17) is 0 Å². The molecule has 0 aliphatic rings. The molecule has 98 valence electrons. The second kappa shape index (κ2) is 4.92. The highest BCUT2D eigenvalue weighted by molar-refractivity contribution is 5.76. The first-order valence-corrected chi connectivity index (χ1v) is 6.09. The second-order valence-electron chi connectivity index (χ2n) is 5.11. The van der Waals surface area contributed by atoms with E-state index in [2.05, 4.69) is 20.8 Å². The van der Waals surface area contributed by atoms with Crippen molar-refractivity contribution in [1.82, 2.24) is 0 Å². The molecule has 0 spiro atoms. The van der Waals surface area contributed by atoms with Crippen LogP contribution >= 0.6 is 0 Å². The van der Waals surface area contributed by atoms with Gasteiger partial charge in [0.05, 0.1) is 4.92 Å². The van der Waals surface area contributed by atoms with E-state index in [1.54, 1.807) is 0 Å². The van der Waals surface area contributed by atoms with Crippen LogP contribution in [0.3, 0.4) is 0 Å². The molecule has 0 atom stereocenters.